The third-order valence-electron chi connectivity index (χ3n) is 8.95. The zero-order valence-corrected chi connectivity index (χ0v) is 27.5. The molecule has 1 saturated heterocycles. The molecule has 0 aliphatic carbocycles. The molecule has 1 heterocycles. The average molecular weight is 650 g/mol. The van der Waals surface area contributed by atoms with E-state index < -0.39 is 53.3 Å². The first kappa shape index (κ1) is 35.5. The molecule has 0 aromatic heterocycles. The predicted molar refractivity (Wildman–Crippen MR) is 174 cm³/mol. The maximum atomic E-state index is 13.6. The quantitative estimate of drug-likeness (QED) is 0.0316. The van der Waals surface area contributed by atoms with Gasteiger partial charge in [0.25, 0.3) is 0 Å². The summed E-state index contributed by atoms with van der Waals surface area (Å²) in [5.41, 5.74) is -1.65. The molecular formula is C36H43NO10. The molecule has 3 aromatic carbocycles. The molecule has 1 fully saturated rings. The van der Waals surface area contributed by atoms with Gasteiger partial charge in [0.1, 0.15) is 12.7 Å². The molecule has 0 amide bonds. The van der Waals surface area contributed by atoms with Crippen LogP contribution in [0.4, 0.5) is 0 Å². The van der Waals surface area contributed by atoms with Crippen molar-refractivity contribution >= 4 is 51.6 Å². The Kier molecular flexibility index (Phi) is 11.7. The Labute approximate surface area is 274 Å². The highest BCUT2D eigenvalue weighted by Gasteiger charge is 2.48. The van der Waals surface area contributed by atoms with E-state index in [9.17, 15) is 24.3 Å². The highest BCUT2D eigenvalue weighted by Crippen LogP contribution is 2.44. The molecule has 5 unspecified atom stereocenters. The number of oxime groups is 1. The minimum absolute atomic E-state index is 0.00144. The molecular weight excluding hydrogens is 606 g/mol. The van der Waals surface area contributed by atoms with E-state index in [1.807, 2.05) is 48.5 Å². The van der Waals surface area contributed by atoms with Gasteiger partial charge >= 0.3 is 23.9 Å². The van der Waals surface area contributed by atoms with Crippen molar-refractivity contribution in [2.24, 2.45) is 27.8 Å². The van der Waals surface area contributed by atoms with Crippen LogP contribution in [0.5, 0.6) is 0 Å². The number of aliphatic hydroxyl groups is 1. The van der Waals surface area contributed by atoms with Crippen LogP contribution in [-0.2, 0) is 43.0 Å². The summed E-state index contributed by atoms with van der Waals surface area (Å²) < 4.78 is 20.7. The molecule has 1 aliphatic rings. The molecule has 47 heavy (non-hydrogen) atoms. The monoisotopic (exact) mass is 649 g/mol. The molecule has 252 valence electrons. The minimum atomic E-state index is -1.37. The molecule has 0 radical (unpaired) electrons. The van der Waals surface area contributed by atoms with E-state index in [1.165, 1.54) is 13.3 Å². The summed E-state index contributed by atoms with van der Waals surface area (Å²) in [6, 6.07) is 17.7. The molecule has 1 aliphatic heterocycles. The second-order valence-corrected chi connectivity index (χ2v) is 12.7. The number of nitrogens with zero attached hydrogens (tertiary/aromatic N) is 1. The first-order valence-corrected chi connectivity index (χ1v) is 15.7. The number of rotatable bonds is 16. The van der Waals surface area contributed by atoms with Crippen LogP contribution in [-0.4, -0.2) is 68.4 Å². The van der Waals surface area contributed by atoms with Gasteiger partial charge in [-0.3, -0.25) is 14.4 Å². The van der Waals surface area contributed by atoms with Gasteiger partial charge in [-0.1, -0.05) is 67.5 Å². The highest BCUT2D eigenvalue weighted by molar-refractivity contribution is 6.13. The molecule has 11 nitrogen and oxygen atoms in total. The maximum Gasteiger partial charge on any atom is 0.337 e. The van der Waals surface area contributed by atoms with Crippen molar-refractivity contribution in [3.8, 4) is 0 Å². The van der Waals surface area contributed by atoms with Gasteiger partial charge in [0.2, 0.25) is 0 Å². The normalized spacial score (nSPS) is 18.1. The van der Waals surface area contributed by atoms with Crippen LogP contribution >= 0.6 is 0 Å². The Morgan fingerprint density at radius 2 is 1.60 bits per heavy atom. The van der Waals surface area contributed by atoms with E-state index >= 15 is 0 Å². The molecule has 0 spiro atoms. The van der Waals surface area contributed by atoms with E-state index in [2.05, 4.69) is 11.2 Å². The lowest BCUT2D eigenvalue weighted by atomic mass is 9.67. The largest absolute Gasteiger partial charge is 0.469 e. The van der Waals surface area contributed by atoms with Crippen molar-refractivity contribution in [1.29, 1.82) is 0 Å². The van der Waals surface area contributed by atoms with Crippen molar-refractivity contribution in [2.75, 3.05) is 27.1 Å². The van der Waals surface area contributed by atoms with Crippen LogP contribution in [0.15, 0.2) is 59.8 Å². The van der Waals surface area contributed by atoms with E-state index in [1.54, 1.807) is 27.7 Å². The Hall–Kier alpha value is -4.35. The fourth-order valence-corrected chi connectivity index (χ4v) is 6.10. The number of fused-ring (bicyclic) bond motifs is 2. The predicted octanol–water partition coefficient (Wildman–Crippen LogP) is 5.32. The van der Waals surface area contributed by atoms with Gasteiger partial charge in [-0.05, 0) is 67.1 Å². The van der Waals surface area contributed by atoms with Crippen LogP contribution in [0.1, 0.15) is 58.9 Å². The summed E-state index contributed by atoms with van der Waals surface area (Å²) in [6.07, 6.45) is 1.44. The van der Waals surface area contributed by atoms with Crippen LogP contribution < -0.4 is 0 Å². The molecule has 5 atom stereocenters. The SMILES string of the molecule is CCC(C)(CC(C)(CC(CC(C)C(=O)O/N=C/c1c2ccccc2cc2ccccc12)C(=O)OCO)C(=O)OCC1CO1)C(=O)OC. The second-order valence-electron chi connectivity index (χ2n) is 12.7. The zero-order valence-electron chi connectivity index (χ0n) is 27.5. The first-order chi connectivity index (χ1) is 22.4. The topological polar surface area (TPSA) is 150 Å². The van der Waals surface area contributed by atoms with Gasteiger partial charge in [0.15, 0.2) is 6.79 Å². The third-order valence-corrected chi connectivity index (χ3v) is 8.95. The lowest BCUT2D eigenvalue weighted by molar-refractivity contribution is -0.167. The summed E-state index contributed by atoms with van der Waals surface area (Å²) in [7, 11) is 1.27. The Morgan fingerprint density at radius 3 is 2.15 bits per heavy atom. The van der Waals surface area contributed by atoms with Crippen molar-refractivity contribution in [1.82, 2.24) is 0 Å². The van der Waals surface area contributed by atoms with Gasteiger partial charge in [-0.2, -0.15) is 0 Å². The van der Waals surface area contributed by atoms with Crippen molar-refractivity contribution < 1.29 is 48.1 Å². The van der Waals surface area contributed by atoms with Gasteiger partial charge in [0, 0.05) is 5.56 Å². The molecule has 4 rings (SSSR count). The zero-order chi connectivity index (χ0) is 34.2. The van der Waals surface area contributed by atoms with E-state index in [-0.39, 0.29) is 32.0 Å². The number of hydrogen-bond acceptors (Lipinski definition) is 11. The summed E-state index contributed by atoms with van der Waals surface area (Å²) in [5, 5.41) is 17.3. The molecule has 3 aromatic rings. The number of esters is 3. The fraction of sp³-hybridized carbons (Fsp3) is 0.472. The molecule has 1 N–H and O–H groups in total. The van der Waals surface area contributed by atoms with Crippen LogP contribution in [0.25, 0.3) is 21.5 Å². The van der Waals surface area contributed by atoms with Gasteiger partial charge < -0.3 is 28.9 Å². The van der Waals surface area contributed by atoms with Crippen LogP contribution in [0, 0.1) is 22.7 Å². The molecule has 0 bridgehead atoms. The number of hydrogen-bond donors (Lipinski definition) is 1. The third kappa shape index (κ3) is 8.72. The van der Waals surface area contributed by atoms with Crippen molar-refractivity contribution in [3.05, 3.63) is 60.2 Å². The van der Waals surface area contributed by atoms with E-state index in [0.29, 0.717) is 13.0 Å². The molecule has 11 heteroatoms. The van der Waals surface area contributed by atoms with E-state index in [4.69, 9.17) is 23.8 Å². The Balaban J connectivity index is 1.54. The highest BCUT2D eigenvalue weighted by atomic mass is 16.7. The van der Waals surface area contributed by atoms with Gasteiger partial charge in [0.05, 0.1) is 42.6 Å². The van der Waals surface area contributed by atoms with Crippen LogP contribution in [0.2, 0.25) is 0 Å². The van der Waals surface area contributed by atoms with Gasteiger partial charge in [-0.25, -0.2) is 4.79 Å². The lowest BCUT2D eigenvalue weighted by Gasteiger charge is -2.37. The fourth-order valence-electron chi connectivity index (χ4n) is 6.10. The van der Waals surface area contributed by atoms with Crippen molar-refractivity contribution in [2.45, 2.75) is 59.5 Å². The number of carbonyl (C=O) groups is 4. The Bertz CT molecular complexity index is 1580. The first-order valence-electron chi connectivity index (χ1n) is 15.7. The Morgan fingerprint density at radius 1 is 0.979 bits per heavy atom. The number of epoxide rings is 1. The molecule has 0 saturated carbocycles. The van der Waals surface area contributed by atoms with E-state index in [0.717, 1.165) is 27.1 Å². The maximum absolute atomic E-state index is 13.6. The summed E-state index contributed by atoms with van der Waals surface area (Å²) in [6.45, 7) is 6.31. The number of methoxy groups -OCH3 is 1. The summed E-state index contributed by atoms with van der Waals surface area (Å²) >= 11 is 0. The second kappa shape index (κ2) is 15.5. The lowest BCUT2D eigenvalue weighted by Crippen LogP contribution is -2.42. The average Bonchev–Trinajstić information content (AvgIpc) is 3.90. The summed E-state index contributed by atoms with van der Waals surface area (Å²) in [5.74, 6) is -4.53. The standard InChI is InChI=1S/C36H43NO10/c1-6-35(3,33(41)43-5)21-36(4,34(42)45-20-27-19-44-27)17-26(32(40)46-22-38)15-23(2)31(39)47-37-18-30-28-13-9-7-11-24(28)16-25-12-8-10-14-29(25)30/h7-14,16,18,23,26-27,38H,6,15,17,19-22H2,1-5H3/b37-18+. The summed E-state index contributed by atoms with van der Waals surface area (Å²) in [4.78, 5) is 57.9. The number of aliphatic hydroxyl groups excluding tert-OH is 1. The minimum Gasteiger partial charge on any atom is -0.469 e. The van der Waals surface area contributed by atoms with Crippen molar-refractivity contribution in [3.63, 3.8) is 0 Å². The number of carbonyl (C=O) groups excluding carboxylic acids is 4. The van der Waals surface area contributed by atoms with Gasteiger partial charge in [-0.15, -0.1) is 0 Å². The number of ether oxygens (including phenoxy) is 4. The van der Waals surface area contributed by atoms with Crippen LogP contribution in [0.3, 0.4) is 0 Å². The smallest absolute Gasteiger partial charge is 0.337 e. The number of benzene rings is 3.